The summed E-state index contributed by atoms with van der Waals surface area (Å²) in [6.45, 7) is 0. The number of halogens is 2. The van der Waals surface area contributed by atoms with Crippen LogP contribution in [-0.2, 0) is 11.2 Å². The maximum atomic E-state index is 13.6. The maximum Gasteiger partial charge on any atom is 0.333 e. The lowest BCUT2D eigenvalue weighted by atomic mass is 10.1. The molecule has 0 saturated carbocycles. The van der Waals surface area contributed by atoms with Crippen LogP contribution in [0.2, 0.25) is 10.0 Å². The molecule has 12 heteroatoms. The van der Waals surface area contributed by atoms with E-state index in [0.29, 0.717) is 38.0 Å². The third kappa shape index (κ3) is 5.21. The van der Waals surface area contributed by atoms with Gasteiger partial charge in [0, 0.05) is 17.5 Å². The Morgan fingerprint density at radius 2 is 1.59 bits per heavy atom. The molecule has 4 aromatic carbocycles. The van der Waals surface area contributed by atoms with Gasteiger partial charge in [0.25, 0.3) is 11.5 Å². The van der Waals surface area contributed by atoms with Gasteiger partial charge >= 0.3 is 11.7 Å². The number of hydrogen-bond acceptors (Lipinski definition) is 5. The van der Waals surface area contributed by atoms with E-state index in [1.807, 2.05) is 24.3 Å². The molecule has 6 aromatic rings. The first-order valence-corrected chi connectivity index (χ1v) is 14.1. The summed E-state index contributed by atoms with van der Waals surface area (Å²) in [5.41, 5.74) is 7.41. The first-order chi connectivity index (χ1) is 21.1. The van der Waals surface area contributed by atoms with Gasteiger partial charge in [-0.3, -0.25) is 9.59 Å². The number of H-pyrrole nitrogens is 1. The highest BCUT2D eigenvalue weighted by molar-refractivity contribution is 6.38. The number of nitrogens with two attached hydrogens (primary N) is 1. The number of aliphatic carboxylic acids is 1. The number of amides is 1. The molecule has 0 aliphatic carbocycles. The van der Waals surface area contributed by atoms with Crippen LogP contribution in [0.5, 0.6) is 0 Å². The highest BCUT2D eigenvalue weighted by Crippen LogP contribution is 2.34. The minimum absolute atomic E-state index is 0.0755. The largest absolute Gasteiger partial charge is 0.480 e. The Kier molecular flexibility index (Phi) is 7.46. The van der Waals surface area contributed by atoms with Gasteiger partial charge in [-0.15, -0.1) is 0 Å². The van der Waals surface area contributed by atoms with Gasteiger partial charge in [0.2, 0.25) is 0 Å². The standard InChI is InChI=1S/C32H23Cl2N5O5/c33-22-5-3-6-23(34)28(22)39-26-7-2-1-4-18(26)15-27(39)29(40)36-25(31(42)43)14-17-8-11-20(12-9-17)38-30(41)21-16-19(35)10-13-24(21)37-32(38)44/h1-13,15-16,25H,14,35H2,(H,36,40)(H,37,44)(H,42,43). The fraction of sp³-hybridized carbons (Fsp3) is 0.0625. The molecule has 1 amide bonds. The van der Waals surface area contributed by atoms with Crippen LogP contribution in [0.15, 0.2) is 101 Å². The second-order valence-corrected chi connectivity index (χ2v) is 10.9. The third-order valence-corrected chi connectivity index (χ3v) is 7.87. The number of fused-ring (bicyclic) bond motifs is 2. The second kappa shape index (κ2) is 11.4. The molecule has 0 spiro atoms. The predicted molar refractivity (Wildman–Crippen MR) is 170 cm³/mol. The first kappa shape index (κ1) is 28.8. The number of carbonyl (C=O) groups excluding carboxylic acids is 1. The Morgan fingerprint density at radius 1 is 0.886 bits per heavy atom. The molecular formula is C32H23Cl2N5O5. The van der Waals surface area contributed by atoms with E-state index in [-0.39, 0.29) is 23.2 Å². The van der Waals surface area contributed by atoms with Crippen LogP contribution in [0.1, 0.15) is 16.1 Å². The van der Waals surface area contributed by atoms with Gasteiger partial charge in [-0.25, -0.2) is 14.2 Å². The van der Waals surface area contributed by atoms with Crippen molar-refractivity contribution in [2.75, 3.05) is 5.73 Å². The zero-order valence-corrected chi connectivity index (χ0v) is 24.3. The minimum atomic E-state index is -1.31. The summed E-state index contributed by atoms with van der Waals surface area (Å²) in [4.78, 5) is 54.4. The Labute approximate surface area is 258 Å². The molecule has 1 unspecified atom stereocenters. The average molecular weight is 628 g/mol. The normalized spacial score (nSPS) is 12.0. The molecular weight excluding hydrogens is 605 g/mol. The number of anilines is 1. The van der Waals surface area contributed by atoms with Crippen LogP contribution < -0.4 is 22.3 Å². The summed E-state index contributed by atoms with van der Waals surface area (Å²) < 4.78 is 2.58. The van der Waals surface area contributed by atoms with Crippen molar-refractivity contribution >= 4 is 62.6 Å². The van der Waals surface area contributed by atoms with Gasteiger partial charge in [-0.05, 0) is 60.2 Å². The number of carbonyl (C=O) groups is 2. The number of carboxylic acids is 1. The third-order valence-electron chi connectivity index (χ3n) is 7.26. The zero-order chi connectivity index (χ0) is 31.1. The smallest absolute Gasteiger partial charge is 0.333 e. The van der Waals surface area contributed by atoms with E-state index < -0.39 is 29.2 Å². The van der Waals surface area contributed by atoms with Crippen molar-refractivity contribution in [3.8, 4) is 11.4 Å². The lowest BCUT2D eigenvalue weighted by Gasteiger charge is -2.18. The Balaban J connectivity index is 1.30. The van der Waals surface area contributed by atoms with Gasteiger partial charge in [-0.1, -0.05) is 59.6 Å². The number of hydrogen-bond donors (Lipinski definition) is 4. The topological polar surface area (TPSA) is 152 Å². The summed E-state index contributed by atoms with van der Waals surface area (Å²) in [5.74, 6) is -1.89. The average Bonchev–Trinajstić information content (AvgIpc) is 3.37. The van der Waals surface area contributed by atoms with Crippen LogP contribution in [0.3, 0.4) is 0 Å². The fourth-order valence-corrected chi connectivity index (χ4v) is 5.75. The van der Waals surface area contributed by atoms with Crippen molar-refractivity contribution in [1.82, 2.24) is 19.4 Å². The summed E-state index contributed by atoms with van der Waals surface area (Å²) in [6.07, 6.45) is -0.0755. The number of benzene rings is 4. The molecule has 6 rings (SSSR count). The molecule has 10 nitrogen and oxygen atoms in total. The number of aromatic amines is 1. The van der Waals surface area contributed by atoms with Gasteiger partial charge in [0.1, 0.15) is 11.7 Å². The van der Waals surface area contributed by atoms with Crippen molar-refractivity contribution in [2.24, 2.45) is 0 Å². The molecule has 0 aliphatic heterocycles. The molecule has 0 aliphatic rings. The van der Waals surface area contributed by atoms with Gasteiger partial charge < -0.3 is 25.7 Å². The molecule has 2 aromatic heterocycles. The monoisotopic (exact) mass is 627 g/mol. The number of nitrogen functional groups attached to an aromatic ring is 1. The number of carboxylic acid groups (broad SMARTS) is 1. The van der Waals surface area contributed by atoms with E-state index in [1.54, 1.807) is 53.1 Å². The van der Waals surface area contributed by atoms with Crippen molar-refractivity contribution in [1.29, 1.82) is 0 Å². The van der Waals surface area contributed by atoms with E-state index in [2.05, 4.69) is 10.3 Å². The van der Waals surface area contributed by atoms with Gasteiger partial charge in [0.05, 0.1) is 37.8 Å². The lowest BCUT2D eigenvalue weighted by Crippen LogP contribution is -2.43. The van der Waals surface area contributed by atoms with Crippen molar-refractivity contribution in [2.45, 2.75) is 12.5 Å². The Morgan fingerprint density at radius 3 is 2.30 bits per heavy atom. The molecule has 220 valence electrons. The van der Waals surface area contributed by atoms with E-state index in [9.17, 15) is 24.3 Å². The van der Waals surface area contributed by atoms with Gasteiger partial charge in [-0.2, -0.15) is 0 Å². The SMILES string of the molecule is Nc1ccc2[nH]c(=O)n(-c3ccc(CC(NC(=O)c4cc5ccccc5n4-c4c(Cl)cccc4Cl)C(=O)O)cc3)c(=O)c2c1. The molecule has 0 saturated heterocycles. The van der Waals surface area contributed by atoms with Crippen molar-refractivity contribution < 1.29 is 14.7 Å². The fourth-order valence-electron chi connectivity index (χ4n) is 5.18. The van der Waals surface area contributed by atoms with Crippen LogP contribution in [-0.4, -0.2) is 37.1 Å². The quantitative estimate of drug-likeness (QED) is 0.184. The predicted octanol–water partition coefficient (Wildman–Crippen LogP) is 4.94. The van der Waals surface area contributed by atoms with E-state index >= 15 is 0 Å². The molecule has 5 N–H and O–H groups in total. The Bertz CT molecular complexity index is 2200. The number of para-hydroxylation sites is 2. The molecule has 0 bridgehead atoms. The highest BCUT2D eigenvalue weighted by Gasteiger charge is 2.26. The number of nitrogens with zero attached hydrogens (tertiary/aromatic N) is 2. The summed E-state index contributed by atoms with van der Waals surface area (Å²) in [6, 6.07) is 23.5. The molecule has 1 atom stereocenters. The van der Waals surface area contributed by atoms with E-state index in [1.165, 1.54) is 18.2 Å². The van der Waals surface area contributed by atoms with Crippen LogP contribution >= 0.6 is 23.2 Å². The zero-order valence-electron chi connectivity index (χ0n) is 22.8. The number of nitrogens with one attached hydrogen (secondary N) is 2. The summed E-state index contributed by atoms with van der Waals surface area (Å²) >= 11 is 13.0. The highest BCUT2D eigenvalue weighted by atomic mass is 35.5. The summed E-state index contributed by atoms with van der Waals surface area (Å²) in [5, 5.41) is 14.2. The minimum Gasteiger partial charge on any atom is -0.480 e. The molecule has 44 heavy (non-hydrogen) atoms. The Hall–Kier alpha value is -5.32. The van der Waals surface area contributed by atoms with Crippen LogP contribution in [0.4, 0.5) is 5.69 Å². The molecule has 0 fully saturated rings. The maximum absolute atomic E-state index is 13.6. The summed E-state index contributed by atoms with van der Waals surface area (Å²) in [7, 11) is 0. The van der Waals surface area contributed by atoms with Gasteiger partial charge in [0.15, 0.2) is 0 Å². The van der Waals surface area contributed by atoms with Crippen molar-refractivity contribution in [3.05, 3.63) is 133 Å². The number of rotatable bonds is 7. The molecule has 2 heterocycles. The van der Waals surface area contributed by atoms with E-state index in [4.69, 9.17) is 28.9 Å². The van der Waals surface area contributed by atoms with E-state index in [0.717, 1.165) is 9.95 Å². The first-order valence-electron chi connectivity index (χ1n) is 13.3. The number of aromatic nitrogens is 3. The van der Waals surface area contributed by atoms with Crippen LogP contribution in [0, 0.1) is 0 Å². The van der Waals surface area contributed by atoms with Crippen molar-refractivity contribution in [3.63, 3.8) is 0 Å². The second-order valence-electron chi connectivity index (χ2n) is 10.1. The molecule has 0 radical (unpaired) electrons. The lowest BCUT2D eigenvalue weighted by molar-refractivity contribution is -0.139. The van der Waals surface area contributed by atoms with Crippen LogP contribution in [0.25, 0.3) is 33.2 Å².